The van der Waals surface area contributed by atoms with Crippen LogP contribution in [0, 0.1) is 0 Å². The predicted molar refractivity (Wildman–Crippen MR) is 157 cm³/mol. The summed E-state index contributed by atoms with van der Waals surface area (Å²) < 4.78 is 8.96. The first-order valence-corrected chi connectivity index (χ1v) is 15.3. The number of rotatable bonds is 5. The first-order valence-electron chi connectivity index (χ1n) is 8.42. The number of thioether (sulfide) groups is 1. The Balaban J connectivity index is 1.77. The molecule has 0 bridgehead atoms. The molecule has 3 aromatic carbocycles. The Hall–Kier alpha value is 1.33. The van der Waals surface area contributed by atoms with E-state index in [2.05, 4.69) is 79.6 Å². The number of hydrogen-bond donors (Lipinski definition) is 0. The van der Waals surface area contributed by atoms with Gasteiger partial charge in [-0.05, 0) is 97.3 Å². The molecule has 0 aliphatic carbocycles. The van der Waals surface area contributed by atoms with Gasteiger partial charge in [-0.1, -0.05) is 70.1 Å². The lowest BCUT2D eigenvalue weighted by Crippen LogP contribution is -2.09. The van der Waals surface area contributed by atoms with E-state index in [0.717, 1.165) is 10.0 Å². The monoisotopic (exact) mass is 879 g/mol. The highest BCUT2D eigenvalue weighted by atomic mass is 79.9. The fourth-order valence-corrected chi connectivity index (χ4v) is 8.14. The molecular weight excluding hydrogens is 881 g/mol. The Morgan fingerprint density at radius 2 is 1.12 bits per heavy atom. The minimum absolute atomic E-state index is 0.114. The van der Waals surface area contributed by atoms with Crippen LogP contribution in [0.1, 0.15) is 15.9 Å². The highest BCUT2D eigenvalue weighted by molar-refractivity contribution is 9.15. The van der Waals surface area contributed by atoms with E-state index in [4.69, 9.17) is 62.7 Å². The minimum atomic E-state index is -0.515. The van der Waals surface area contributed by atoms with Gasteiger partial charge >= 0.3 is 5.97 Å². The first-order chi connectivity index (χ1) is 15.5. The number of carbonyl (C=O) groups excluding carboxylic acids is 1. The molecule has 33 heavy (non-hydrogen) atoms. The summed E-state index contributed by atoms with van der Waals surface area (Å²) in [5, 5.41) is 0.894. The normalized spacial score (nSPS) is 11.1. The predicted octanol–water partition coefficient (Wildman–Crippen LogP) is 12.3. The van der Waals surface area contributed by atoms with Crippen LogP contribution >= 0.6 is 149 Å². The van der Waals surface area contributed by atoms with Crippen LogP contribution in [0.25, 0.3) is 0 Å². The number of carbonyl (C=O) groups is 1. The van der Waals surface area contributed by atoms with Gasteiger partial charge in [0, 0.05) is 15.1 Å². The molecule has 0 N–H and O–H groups in total. The summed E-state index contributed by atoms with van der Waals surface area (Å²) in [5.41, 5.74) is 1.30. The van der Waals surface area contributed by atoms with Crippen molar-refractivity contribution >= 4 is 155 Å². The molecular formula is C20H6Br5Cl5O2S. The number of esters is 1. The highest BCUT2D eigenvalue weighted by Crippen LogP contribution is 2.50. The quantitative estimate of drug-likeness (QED) is 0.0839. The molecule has 0 saturated carbocycles. The molecule has 0 heterocycles. The van der Waals surface area contributed by atoms with Gasteiger partial charge in [0.05, 0.1) is 48.6 Å². The van der Waals surface area contributed by atoms with Crippen molar-refractivity contribution in [3.8, 4) is 5.75 Å². The lowest BCUT2D eigenvalue weighted by molar-refractivity contribution is 0.0732. The second kappa shape index (κ2) is 12.2. The van der Waals surface area contributed by atoms with Crippen LogP contribution in [0.4, 0.5) is 0 Å². The van der Waals surface area contributed by atoms with E-state index in [-0.39, 0.29) is 25.1 Å². The van der Waals surface area contributed by atoms with Crippen molar-refractivity contribution in [1.82, 2.24) is 0 Å². The van der Waals surface area contributed by atoms with Crippen molar-refractivity contribution in [3.63, 3.8) is 0 Å². The lowest BCUT2D eigenvalue weighted by atomic mass is 10.1. The molecule has 0 amide bonds. The van der Waals surface area contributed by atoms with E-state index < -0.39 is 5.97 Å². The number of hydrogen-bond acceptors (Lipinski definition) is 3. The lowest BCUT2D eigenvalue weighted by Gasteiger charge is -2.14. The Morgan fingerprint density at radius 3 is 1.61 bits per heavy atom. The van der Waals surface area contributed by atoms with Gasteiger partial charge in [0.1, 0.15) is 0 Å². The molecule has 0 unspecified atom stereocenters. The fourth-order valence-electron chi connectivity index (χ4n) is 2.43. The Bertz CT molecular complexity index is 1210. The maximum atomic E-state index is 12.7. The summed E-state index contributed by atoms with van der Waals surface area (Å²) in [6, 6.07) is 6.96. The molecule has 0 aromatic heterocycles. The molecule has 0 radical (unpaired) electrons. The first kappa shape index (κ1) is 28.9. The molecule has 0 fully saturated rings. The van der Waals surface area contributed by atoms with Gasteiger partial charge in [-0.2, -0.15) is 0 Å². The van der Waals surface area contributed by atoms with Crippen molar-refractivity contribution in [1.29, 1.82) is 0 Å². The average molecular weight is 887 g/mol. The standard InChI is InChI=1S/C20H6Br5Cl5O2S/c21-8-9(22)11(24)18(12(25)10(8)23)32-20(31)7-3-1-6(2-4-7)5-33-19-16(29)14(27)13(26)15(28)17(19)30/h1-4H,5H2. The van der Waals surface area contributed by atoms with Gasteiger partial charge < -0.3 is 4.74 Å². The van der Waals surface area contributed by atoms with E-state index in [0.29, 0.717) is 39.9 Å². The van der Waals surface area contributed by atoms with Gasteiger partial charge in [-0.3, -0.25) is 0 Å². The number of halogens is 10. The summed E-state index contributed by atoms with van der Waals surface area (Å²) in [6.07, 6.45) is 0. The number of ether oxygens (including phenoxy) is 1. The molecule has 174 valence electrons. The van der Waals surface area contributed by atoms with Crippen LogP contribution in [0.5, 0.6) is 5.75 Å². The molecule has 13 heteroatoms. The summed E-state index contributed by atoms with van der Waals surface area (Å²) >= 11 is 49.4. The van der Waals surface area contributed by atoms with E-state index >= 15 is 0 Å². The fraction of sp³-hybridized carbons (Fsp3) is 0.0500. The van der Waals surface area contributed by atoms with Gasteiger partial charge in [0.25, 0.3) is 0 Å². The van der Waals surface area contributed by atoms with Gasteiger partial charge in [-0.25, -0.2) is 4.79 Å². The number of benzene rings is 3. The van der Waals surface area contributed by atoms with Crippen molar-refractivity contribution in [3.05, 3.63) is 82.9 Å². The van der Waals surface area contributed by atoms with Crippen molar-refractivity contribution < 1.29 is 9.53 Å². The zero-order chi connectivity index (χ0) is 24.6. The zero-order valence-electron chi connectivity index (χ0n) is 15.5. The second-order valence-electron chi connectivity index (χ2n) is 6.17. The van der Waals surface area contributed by atoms with Crippen LogP contribution in [0.15, 0.2) is 51.5 Å². The molecule has 0 aliphatic heterocycles. The summed E-state index contributed by atoms with van der Waals surface area (Å²) in [4.78, 5) is 13.3. The minimum Gasteiger partial charge on any atom is -0.420 e. The molecule has 3 aromatic rings. The largest absolute Gasteiger partial charge is 0.420 e. The van der Waals surface area contributed by atoms with E-state index in [9.17, 15) is 4.79 Å². The SMILES string of the molecule is O=C(Oc1c(Br)c(Br)c(Br)c(Br)c1Br)c1ccc(CSc2c(Cl)c(Cl)c(Cl)c(Cl)c2Cl)cc1. The molecule has 3 rings (SSSR count). The molecule has 0 spiro atoms. The Labute approximate surface area is 261 Å². The van der Waals surface area contributed by atoms with Crippen LogP contribution in [0.2, 0.25) is 25.1 Å². The molecule has 0 aliphatic rings. The summed E-state index contributed by atoms with van der Waals surface area (Å²) in [7, 11) is 0. The Kier molecular flexibility index (Phi) is 10.7. The average Bonchev–Trinajstić information content (AvgIpc) is 2.81. The molecule has 0 saturated heterocycles. The topological polar surface area (TPSA) is 26.3 Å². The van der Waals surface area contributed by atoms with E-state index in [1.54, 1.807) is 12.1 Å². The van der Waals surface area contributed by atoms with Gasteiger partial charge in [-0.15, -0.1) is 11.8 Å². The smallest absolute Gasteiger partial charge is 0.343 e. The van der Waals surface area contributed by atoms with E-state index in [1.807, 2.05) is 12.1 Å². The van der Waals surface area contributed by atoms with Crippen LogP contribution in [-0.2, 0) is 5.75 Å². The summed E-state index contributed by atoms with van der Waals surface area (Å²) in [6.45, 7) is 0. The maximum absolute atomic E-state index is 12.7. The van der Waals surface area contributed by atoms with Crippen molar-refractivity contribution in [2.45, 2.75) is 10.6 Å². The third-order valence-electron chi connectivity index (χ3n) is 4.11. The highest BCUT2D eigenvalue weighted by Gasteiger charge is 2.22. The van der Waals surface area contributed by atoms with Gasteiger partial charge in [0.15, 0.2) is 5.75 Å². The van der Waals surface area contributed by atoms with Crippen molar-refractivity contribution in [2.75, 3.05) is 0 Å². The molecule has 0 atom stereocenters. The van der Waals surface area contributed by atoms with Crippen LogP contribution < -0.4 is 4.74 Å². The van der Waals surface area contributed by atoms with Crippen LogP contribution in [0.3, 0.4) is 0 Å². The third-order valence-corrected chi connectivity index (χ3v) is 13.8. The van der Waals surface area contributed by atoms with Gasteiger partial charge in [0.2, 0.25) is 0 Å². The third kappa shape index (κ3) is 6.25. The Morgan fingerprint density at radius 1 is 0.697 bits per heavy atom. The summed E-state index contributed by atoms with van der Waals surface area (Å²) in [5.74, 6) is 0.327. The van der Waals surface area contributed by atoms with Crippen molar-refractivity contribution in [2.24, 2.45) is 0 Å². The second-order valence-corrected chi connectivity index (χ2v) is 13.0. The maximum Gasteiger partial charge on any atom is 0.343 e. The van der Waals surface area contributed by atoms with Crippen LogP contribution in [-0.4, -0.2) is 5.97 Å². The molecule has 2 nitrogen and oxygen atoms in total. The van der Waals surface area contributed by atoms with E-state index in [1.165, 1.54) is 11.8 Å². The zero-order valence-corrected chi connectivity index (χ0v) is 28.0.